The average molecular weight is 360 g/mol. The Hall–Kier alpha value is -2.22. The monoisotopic (exact) mass is 360 g/mol. The first-order valence-corrected chi connectivity index (χ1v) is 9.22. The van der Waals surface area contributed by atoms with Crippen molar-refractivity contribution in [1.29, 1.82) is 0 Å². The lowest BCUT2D eigenvalue weighted by Gasteiger charge is -2.32. The minimum Gasteiger partial charge on any atom is -0.440 e. The molecule has 0 N–H and O–H groups in total. The number of anilines is 1. The van der Waals surface area contributed by atoms with Crippen LogP contribution in [0, 0.1) is 0 Å². The standard InChI is InChI=1S/C18H24N4O4/c1-13(23)21-6-2-3-14(11-21)15-9-19-10-16(20-15)22-12-18(26-17(22)24)4-7-25-8-5-18/h9-10,14H,2-8,11-12H2,1H3/t14-/m0/s1. The molecule has 4 rings (SSSR count). The number of nitrogens with zero attached hydrogens (tertiary/aromatic N) is 4. The summed E-state index contributed by atoms with van der Waals surface area (Å²) in [5.41, 5.74) is 0.359. The highest BCUT2D eigenvalue weighted by Gasteiger charge is 2.47. The summed E-state index contributed by atoms with van der Waals surface area (Å²) >= 11 is 0. The molecule has 0 radical (unpaired) electrons. The van der Waals surface area contributed by atoms with Crippen LogP contribution < -0.4 is 4.90 Å². The van der Waals surface area contributed by atoms with E-state index in [1.54, 1.807) is 24.2 Å². The van der Waals surface area contributed by atoms with E-state index in [-0.39, 0.29) is 17.9 Å². The Labute approximate surface area is 152 Å². The van der Waals surface area contributed by atoms with Gasteiger partial charge in [-0.15, -0.1) is 0 Å². The van der Waals surface area contributed by atoms with Crippen molar-refractivity contribution in [3.05, 3.63) is 18.1 Å². The molecule has 1 atom stereocenters. The van der Waals surface area contributed by atoms with Crippen molar-refractivity contribution in [2.75, 3.05) is 37.7 Å². The first kappa shape index (κ1) is 17.2. The summed E-state index contributed by atoms with van der Waals surface area (Å²) in [6.45, 7) is 4.74. The van der Waals surface area contributed by atoms with E-state index in [9.17, 15) is 9.59 Å². The molecule has 2 amide bonds. The van der Waals surface area contributed by atoms with Crippen LogP contribution in [0.3, 0.4) is 0 Å². The first-order valence-electron chi connectivity index (χ1n) is 9.22. The number of carbonyl (C=O) groups excluding carboxylic acids is 2. The van der Waals surface area contributed by atoms with Gasteiger partial charge < -0.3 is 14.4 Å². The molecule has 3 aliphatic heterocycles. The van der Waals surface area contributed by atoms with Gasteiger partial charge in [0.2, 0.25) is 5.91 Å². The summed E-state index contributed by atoms with van der Waals surface area (Å²) in [5.74, 6) is 0.759. The highest BCUT2D eigenvalue weighted by atomic mass is 16.6. The summed E-state index contributed by atoms with van der Waals surface area (Å²) in [7, 11) is 0. The molecule has 0 saturated carbocycles. The van der Waals surface area contributed by atoms with Crippen LogP contribution in [-0.4, -0.2) is 65.3 Å². The first-order chi connectivity index (χ1) is 12.6. The summed E-state index contributed by atoms with van der Waals surface area (Å²) in [6, 6.07) is 0. The fraction of sp³-hybridized carbons (Fsp3) is 0.667. The Morgan fingerprint density at radius 1 is 1.31 bits per heavy atom. The van der Waals surface area contributed by atoms with Crippen molar-refractivity contribution in [1.82, 2.24) is 14.9 Å². The number of hydrogen-bond donors (Lipinski definition) is 0. The number of ether oxygens (including phenoxy) is 2. The van der Waals surface area contributed by atoms with Gasteiger partial charge in [0.1, 0.15) is 5.60 Å². The van der Waals surface area contributed by atoms with E-state index >= 15 is 0 Å². The second-order valence-electron chi connectivity index (χ2n) is 7.36. The van der Waals surface area contributed by atoms with Gasteiger partial charge in [0.15, 0.2) is 5.82 Å². The van der Waals surface area contributed by atoms with Gasteiger partial charge in [-0.2, -0.15) is 0 Å². The third-order valence-corrected chi connectivity index (χ3v) is 5.58. The van der Waals surface area contributed by atoms with E-state index in [0.717, 1.165) is 25.1 Å². The van der Waals surface area contributed by atoms with Crippen LogP contribution in [0.4, 0.5) is 10.6 Å². The average Bonchev–Trinajstić information content (AvgIpc) is 2.98. The van der Waals surface area contributed by atoms with E-state index in [1.165, 1.54) is 0 Å². The lowest BCUT2D eigenvalue weighted by atomic mass is 9.94. The molecule has 1 spiro atoms. The van der Waals surface area contributed by atoms with Crippen molar-refractivity contribution in [3.8, 4) is 0 Å². The summed E-state index contributed by atoms with van der Waals surface area (Å²) in [4.78, 5) is 36.5. The predicted molar refractivity (Wildman–Crippen MR) is 92.9 cm³/mol. The van der Waals surface area contributed by atoms with Gasteiger partial charge in [0.25, 0.3) is 0 Å². The van der Waals surface area contributed by atoms with Crippen LogP contribution in [0.5, 0.6) is 0 Å². The van der Waals surface area contributed by atoms with E-state index in [2.05, 4.69) is 4.98 Å². The third kappa shape index (κ3) is 3.25. The number of piperidine rings is 1. The largest absolute Gasteiger partial charge is 0.440 e. The zero-order valence-electron chi connectivity index (χ0n) is 15.0. The Bertz CT molecular complexity index is 704. The lowest BCUT2D eigenvalue weighted by Crippen LogP contribution is -2.40. The molecule has 3 aliphatic rings. The van der Waals surface area contributed by atoms with E-state index < -0.39 is 5.60 Å². The topological polar surface area (TPSA) is 84.9 Å². The maximum Gasteiger partial charge on any atom is 0.416 e. The molecule has 0 bridgehead atoms. The summed E-state index contributed by atoms with van der Waals surface area (Å²) < 4.78 is 11.1. The number of hydrogen-bond acceptors (Lipinski definition) is 6. The predicted octanol–water partition coefficient (Wildman–Crippen LogP) is 1.71. The fourth-order valence-corrected chi connectivity index (χ4v) is 4.01. The quantitative estimate of drug-likeness (QED) is 0.798. The normalized spacial score (nSPS) is 25.4. The molecule has 140 valence electrons. The zero-order valence-corrected chi connectivity index (χ0v) is 15.0. The second-order valence-corrected chi connectivity index (χ2v) is 7.36. The van der Waals surface area contributed by atoms with Crippen LogP contribution >= 0.6 is 0 Å². The second kappa shape index (κ2) is 6.83. The van der Waals surface area contributed by atoms with Crippen molar-refractivity contribution >= 4 is 17.8 Å². The Kier molecular flexibility index (Phi) is 4.52. The molecule has 4 heterocycles. The van der Waals surface area contributed by atoms with Gasteiger partial charge in [-0.25, -0.2) is 9.78 Å². The number of rotatable bonds is 2. The molecular weight excluding hydrogens is 336 g/mol. The molecule has 0 unspecified atom stereocenters. The molecule has 0 aliphatic carbocycles. The maximum absolute atomic E-state index is 12.4. The molecule has 3 saturated heterocycles. The van der Waals surface area contributed by atoms with E-state index in [1.807, 2.05) is 4.90 Å². The van der Waals surface area contributed by atoms with Crippen LogP contribution in [0.15, 0.2) is 12.4 Å². The highest BCUT2D eigenvalue weighted by molar-refractivity contribution is 5.89. The molecule has 3 fully saturated rings. The van der Waals surface area contributed by atoms with Crippen LogP contribution in [-0.2, 0) is 14.3 Å². The number of aromatic nitrogens is 2. The van der Waals surface area contributed by atoms with Crippen molar-refractivity contribution in [3.63, 3.8) is 0 Å². The van der Waals surface area contributed by atoms with Crippen molar-refractivity contribution in [2.45, 2.75) is 44.1 Å². The van der Waals surface area contributed by atoms with E-state index in [0.29, 0.717) is 45.0 Å². The van der Waals surface area contributed by atoms with E-state index in [4.69, 9.17) is 14.5 Å². The SMILES string of the molecule is CC(=O)N1CCC[C@H](c2cncc(N3CC4(CCOCC4)OC3=O)n2)C1. The van der Waals surface area contributed by atoms with Crippen LogP contribution in [0.1, 0.15) is 44.2 Å². The number of carbonyl (C=O) groups is 2. The van der Waals surface area contributed by atoms with Crippen LogP contribution in [0.25, 0.3) is 0 Å². The minimum absolute atomic E-state index is 0.0865. The fourth-order valence-electron chi connectivity index (χ4n) is 4.01. The van der Waals surface area contributed by atoms with Gasteiger partial charge >= 0.3 is 6.09 Å². The van der Waals surface area contributed by atoms with Gasteiger partial charge in [0.05, 0.1) is 31.6 Å². The highest BCUT2D eigenvalue weighted by Crippen LogP contribution is 2.35. The molecule has 26 heavy (non-hydrogen) atoms. The van der Waals surface area contributed by atoms with Gasteiger partial charge in [-0.3, -0.25) is 14.7 Å². The van der Waals surface area contributed by atoms with Crippen LogP contribution in [0.2, 0.25) is 0 Å². The number of amides is 2. The third-order valence-electron chi connectivity index (χ3n) is 5.58. The minimum atomic E-state index is -0.469. The molecule has 8 nitrogen and oxygen atoms in total. The summed E-state index contributed by atoms with van der Waals surface area (Å²) in [6.07, 6.45) is 6.31. The van der Waals surface area contributed by atoms with Gasteiger partial charge in [-0.1, -0.05) is 0 Å². The maximum atomic E-state index is 12.4. The molecule has 8 heteroatoms. The molecule has 1 aromatic heterocycles. The molecule has 1 aromatic rings. The molecular formula is C18H24N4O4. The van der Waals surface area contributed by atoms with Gasteiger partial charge in [0, 0.05) is 45.0 Å². The smallest absolute Gasteiger partial charge is 0.416 e. The van der Waals surface area contributed by atoms with Crippen molar-refractivity contribution < 1.29 is 19.1 Å². The number of likely N-dealkylation sites (tertiary alicyclic amines) is 1. The van der Waals surface area contributed by atoms with Gasteiger partial charge in [-0.05, 0) is 12.8 Å². The zero-order chi connectivity index (χ0) is 18.1. The molecule has 0 aromatic carbocycles. The van der Waals surface area contributed by atoms with Crippen molar-refractivity contribution in [2.24, 2.45) is 0 Å². The lowest BCUT2D eigenvalue weighted by molar-refractivity contribution is -0.130. The summed E-state index contributed by atoms with van der Waals surface area (Å²) in [5, 5.41) is 0. The Morgan fingerprint density at radius 2 is 2.12 bits per heavy atom. The Balaban J connectivity index is 1.52. The Morgan fingerprint density at radius 3 is 2.88 bits per heavy atom.